The molecule has 2 aliphatic rings. The molecule has 2 heterocycles. The minimum atomic E-state index is -0.210. The molecule has 0 spiro atoms. The highest BCUT2D eigenvalue weighted by molar-refractivity contribution is 5.72. The predicted octanol–water partition coefficient (Wildman–Crippen LogP) is 3.05. The van der Waals surface area contributed by atoms with Crippen LogP contribution in [0.3, 0.4) is 0 Å². The van der Waals surface area contributed by atoms with Crippen LogP contribution in [-0.2, 0) is 0 Å². The number of ether oxygens (including phenoxy) is 1. The molecule has 114 valence electrons. The maximum absolute atomic E-state index is 13.1. The molecule has 3 nitrogen and oxygen atoms in total. The van der Waals surface area contributed by atoms with Gasteiger partial charge in [-0.05, 0) is 35.4 Å². The van der Waals surface area contributed by atoms with Crippen molar-refractivity contribution in [2.24, 2.45) is 0 Å². The lowest BCUT2D eigenvalue weighted by Crippen LogP contribution is -2.51. The van der Waals surface area contributed by atoms with E-state index >= 15 is 0 Å². The summed E-state index contributed by atoms with van der Waals surface area (Å²) in [5.74, 6) is 0.727. The molecule has 2 aliphatic heterocycles. The molecule has 0 amide bonds. The van der Waals surface area contributed by atoms with Gasteiger partial charge in [-0.25, -0.2) is 4.39 Å². The van der Waals surface area contributed by atoms with Crippen LogP contribution in [0.1, 0.15) is 6.42 Å². The molecule has 1 N–H and O–H groups in total. The van der Waals surface area contributed by atoms with Crippen molar-refractivity contribution < 1.29 is 9.13 Å². The third-order valence-corrected chi connectivity index (χ3v) is 4.51. The normalized spacial score (nSPS) is 20.6. The van der Waals surface area contributed by atoms with E-state index in [2.05, 4.69) is 28.4 Å². The standard InChI is InChI=1S/C18H19FN2O/c19-15-4-1-13(2-5-15)14-3-6-17-18(11-14)22-10-7-16-12-20-8-9-21(16)17/h1-6,11,16,20H,7-10,12H2/t16-/m0/s1. The van der Waals surface area contributed by atoms with Gasteiger partial charge in [-0.15, -0.1) is 0 Å². The molecule has 0 radical (unpaired) electrons. The van der Waals surface area contributed by atoms with Crippen molar-refractivity contribution in [1.82, 2.24) is 5.32 Å². The fourth-order valence-electron chi connectivity index (χ4n) is 3.33. The van der Waals surface area contributed by atoms with Crippen LogP contribution in [0.4, 0.5) is 10.1 Å². The van der Waals surface area contributed by atoms with Crippen LogP contribution >= 0.6 is 0 Å². The average molecular weight is 298 g/mol. The lowest BCUT2D eigenvalue weighted by Gasteiger charge is -2.36. The van der Waals surface area contributed by atoms with Gasteiger partial charge < -0.3 is 15.0 Å². The second-order valence-corrected chi connectivity index (χ2v) is 5.88. The molecule has 2 aromatic rings. The zero-order valence-electron chi connectivity index (χ0n) is 12.4. The van der Waals surface area contributed by atoms with E-state index in [1.54, 1.807) is 12.1 Å². The number of nitrogens with one attached hydrogen (secondary N) is 1. The zero-order chi connectivity index (χ0) is 14.9. The van der Waals surface area contributed by atoms with Gasteiger partial charge in [-0.2, -0.15) is 0 Å². The first-order valence-corrected chi connectivity index (χ1v) is 7.81. The maximum Gasteiger partial charge on any atom is 0.143 e. The predicted molar refractivity (Wildman–Crippen MR) is 86.0 cm³/mol. The van der Waals surface area contributed by atoms with Crippen molar-refractivity contribution >= 4 is 5.69 Å². The molecule has 4 heteroatoms. The van der Waals surface area contributed by atoms with Crippen LogP contribution in [0.2, 0.25) is 0 Å². The Labute approximate surface area is 129 Å². The molecule has 0 bridgehead atoms. The third kappa shape index (κ3) is 2.44. The van der Waals surface area contributed by atoms with Crippen molar-refractivity contribution in [3.8, 4) is 16.9 Å². The topological polar surface area (TPSA) is 24.5 Å². The molecule has 0 unspecified atom stereocenters. The summed E-state index contributed by atoms with van der Waals surface area (Å²) in [5, 5.41) is 3.45. The summed E-state index contributed by atoms with van der Waals surface area (Å²) in [7, 11) is 0. The smallest absolute Gasteiger partial charge is 0.143 e. The first kappa shape index (κ1) is 13.6. The van der Waals surface area contributed by atoms with Crippen LogP contribution in [0.25, 0.3) is 11.1 Å². The molecule has 2 aromatic carbocycles. The number of benzene rings is 2. The van der Waals surface area contributed by atoms with Crippen LogP contribution in [0.15, 0.2) is 42.5 Å². The highest BCUT2D eigenvalue weighted by atomic mass is 19.1. The van der Waals surface area contributed by atoms with E-state index in [1.165, 1.54) is 17.8 Å². The summed E-state index contributed by atoms with van der Waals surface area (Å²) in [6.45, 7) is 3.78. The van der Waals surface area contributed by atoms with Crippen LogP contribution in [0, 0.1) is 5.82 Å². The zero-order valence-corrected chi connectivity index (χ0v) is 12.4. The maximum atomic E-state index is 13.1. The van der Waals surface area contributed by atoms with Crippen molar-refractivity contribution in [3.63, 3.8) is 0 Å². The van der Waals surface area contributed by atoms with Crippen LogP contribution < -0.4 is 15.0 Å². The van der Waals surface area contributed by atoms with Crippen molar-refractivity contribution in [1.29, 1.82) is 0 Å². The molecule has 1 atom stereocenters. The second kappa shape index (κ2) is 5.61. The van der Waals surface area contributed by atoms with Gasteiger partial charge in [0.2, 0.25) is 0 Å². The van der Waals surface area contributed by atoms with Crippen molar-refractivity contribution in [3.05, 3.63) is 48.3 Å². The van der Waals surface area contributed by atoms with Crippen LogP contribution in [0.5, 0.6) is 5.75 Å². The third-order valence-electron chi connectivity index (χ3n) is 4.51. The van der Waals surface area contributed by atoms with E-state index in [-0.39, 0.29) is 5.82 Å². The number of anilines is 1. The molecular formula is C18H19FN2O. The number of rotatable bonds is 1. The number of nitrogens with zero attached hydrogens (tertiary/aromatic N) is 1. The summed E-state index contributed by atoms with van der Waals surface area (Å²) < 4.78 is 19.1. The Morgan fingerprint density at radius 1 is 1.09 bits per heavy atom. The summed E-state index contributed by atoms with van der Waals surface area (Å²) in [5.41, 5.74) is 3.25. The highest BCUT2D eigenvalue weighted by Gasteiger charge is 2.27. The van der Waals surface area contributed by atoms with Gasteiger partial charge >= 0.3 is 0 Å². The van der Waals surface area contributed by atoms with Gasteiger partial charge in [0.05, 0.1) is 12.3 Å². The Morgan fingerprint density at radius 3 is 2.77 bits per heavy atom. The van der Waals surface area contributed by atoms with E-state index in [1.807, 2.05) is 0 Å². The van der Waals surface area contributed by atoms with E-state index in [4.69, 9.17) is 4.74 Å². The quantitative estimate of drug-likeness (QED) is 0.876. The number of halogens is 1. The minimum absolute atomic E-state index is 0.210. The highest BCUT2D eigenvalue weighted by Crippen LogP contribution is 2.37. The van der Waals surface area contributed by atoms with Crippen molar-refractivity contribution in [2.45, 2.75) is 12.5 Å². The molecule has 4 rings (SSSR count). The Balaban J connectivity index is 1.71. The fourth-order valence-corrected chi connectivity index (χ4v) is 3.33. The second-order valence-electron chi connectivity index (χ2n) is 5.88. The molecule has 0 aromatic heterocycles. The van der Waals surface area contributed by atoms with Gasteiger partial charge in [0.25, 0.3) is 0 Å². The minimum Gasteiger partial charge on any atom is -0.491 e. The Morgan fingerprint density at radius 2 is 1.91 bits per heavy atom. The van der Waals surface area contributed by atoms with E-state index < -0.39 is 0 Å². The fraction of sp³-hybridized carbons (Fsp3) is 0.333. The Kier molecular flexibility index (Phi) is 3.47. The summed E-state index contributed by atoms with van der Waals surface area (Å²) >= 11 is 0. The van der Waals surface area contributed by atoms with E-state index in [9.17, 15) is 4.39 Å². The van der Waals surface area contributed by atoms with Crippen molar-refractivity contribution in [2.75, 3.05) is 31.1 Å². The number of hydrogen-bond donors (Lipinski definition) is 1. The lowest BCUT2D eigenvalue weighted by molar-refractivity contribution is 0.304. The van der Waals surface area contributed by atoms with Gasteiger partial charge in [0, 0.05) is 32.1 Å². The van der Waals surface area contributed by atoms with Gasteiger partial charge in [-0.3, -0.25) is 0 Å². The molecule has 0 saturated carbocycles. The summed E-state index contributed by atoms with van der Waals surface area (Å²) in [6, 6.07) is 13.4. The van der Waals surface area contributed by atoms with Gasteiger partial charge in [-0.1, -0.05) is 18.2 Å². The van der Waals surface area contributed by atoms with Gasteiger partial charge in [0.15, 0.2) is 0 Å². The summed E-state index contributed by atoms with van der Waals surface area (Å²) in [4.78, 5) is 2.45. The molecular weight excluding hydrogens is 279 g/mol. The van der Waals surface area contributed by atoms with Crippen LogP contribution in [-0.4, -0.2) is 32.3 Å². The monoisotopic (exact) mass is 298 g/mol. The lowest BCUT2D eigenvalue weighted by atomic mass is 10.0. The molecule has 1 fully saturated rings. The first-order valence-electron chi connectivity index (χ1n) is 7.81. The molecule has 0 aliphatic carbocycles. The SMILES string of the molecule is Fc1ccc(-c2ccc3c(c2)OCC[C@H]2CNCCN32)cc1. The van der Waals surface area contributed by atoms with Gasteiger partial charge in [0.1, 0.15) is 11.6 Å². The number of hydrogen-bond acceptors (Lipinski definition) is 3. The Bertz CT molecular complexity index is 671. The van der Waals surface area contributed by atoms with E-state index in [0.717, 1.165) is 49.5 Å². The first-order chi connectivity index (χ1) is 10.8. The number of fused-ring (bicyclic) bond motifs is 3. The summed E-state index contributed by atoms with van der Waals surface area (Å²) in [6.07, 6.45) is 1.04. The largest absolute Gasteiger partial charge is 0.491 e. The Hall–Kier alpha value is -2.07. The molecule has 22 heavy (non-hydrogen) atoms. The molecule has 1 saturated heterocycles. The average Bonchev–Trinajstić information content (AvgIpc) is 2.74. The number of piperazine rings is 1. The van der Waals surface area contributed by atoms with E-state index in [0.29, 0.717) is 6.04 Å².